The van der Waals surface area contributed by atoms with Crippen molar-refractivity contribution in [3.05, 3.63) is 76.8 Å². The van der Waals surface area contributed by atoms with E-state index in [9.17, 15) is 22.8 Å². The summed E-state index contributed by atoms with van der Waals surface area (Å²) in [5.74, 6) is 0.774. The lowest BCUT2D eigenvalue weighted by Crippen LogP contribution is -2.60. The van der Waals surface area contributed by atoms with Crippen LogP contribution in [0.5, 0.6) is 5.75 Å². The Labute approximate surface area is 282 Å². The van der Waals surface area contributed by atoms with Crippen LogP contribution in [0.3, 0.4) is 0 Å². The van der Waals surface area contributed by atoms with Gasteiger partial charge in [-0.3, -0.25) is 9.48 Å². The number of carbonyl (C=O) groups excluding carboxylic acids is 2. The molecule has 0 bridgehead atoms. The van der Waals surface area contributed by atoms with Gasteiger partial charge >= 0.3 is 12.3 Å². The summed E-state index contributed by atoms with van der Waals surface area (Å²) in [5, 5.41) is 3.69. The Balaban J connectivity index is 1.24. The van der Waals surface area contributed by atoms with Crippen LogP contribution in [0.1, 0.15) is 58.5 Å². The van der Waals surface area contributed by atoms with Crippen molar-refractivity contribution >= 4 is 17.7 Å². The Morgan fingerprint density at radius 2 is 1.88 bits per heavy atom. The van der Waals surface area contributed by atoms with Crippen LogP contribution in [-0.4, -0.2) is 80.5 Å². The summed E-state index contributed by atoms with van der Waals surface area (Å²) in [6.07, 6.45) is 1.74. The minimum Gasteiger partial charge on any atom is -0.491 e. The molecule has 1 aromatic carbocycles. The van der Waals surface area contributed by atoms with Crippen LogP contribution in [0.4, 0.5) is 23.8 Å². The number of pyridine rings is 1. The molecule has 0 saturated carbocycles. The molecular weight excluding hydrogens is 639 g/mol. The SMILES string of the molecule is CCCCOC(=O)N(C)C1CN(c2cc(C)cc(CC3COc4c(cc(Cn5ccnc5C)cc4-c4cn(C)nc4C(F)(F)F)C3=O)n2)C1. The number of alkyl halides is 3. The van der Waals surface area contributed by atoms with E-state index in [2.05, 4.69) is 15.0 Å². The van der Waals surface area contributed by atoms with E-state index in [0.717, 1.165) is 34.7 Å². The van der Waals surface area contributed by atoms with Crippen LogP contribution in [0, 0.1) is 19.8 Å². The normalized spacial score (nSPS) is 16.3. The molecule has 49 heavy (non-hydrogen) atoms. The van der Waals surface area contributed by atoms with E-state index in [-0.39, 0.29) is 53.4 Å². The zero-order valence-electron chi connectivity index (χ0n) is 28.3. The Bertz CT molecular complexity index is 1860. The van der Waals surface area contributed by atoms with Gasteiger partial charge in [-0.15, -0.1) is 0 Å². The molecule has 1 saturated heterocycles. The number of likely N-dealkylation sites (N-methyl/N-ethyl adjacent to an activating group) is 1. The first-order valence-corrected chi connectivity index (χ1v) is 16.4. The van der Waals surface area contributed by atoms with Crippen LogP contribution in [-0.2, 0) is 30.9 Å². The van der Waals surface area contributed by atoms with Crippen LogP contribution < -0.4 is 9.64 Å². The molecule has 1 fully saturated rings. The number of nitrogens with zero attached hydrogens (tertiary/aromatic N) is 7. The van der Waals surface area contributed by atoms with Gasteiger partial charge in [-0.05, 0) is 55.7 Å². The average molecular weight is 680 g/mol. The van der Waals surface area contributed by atoms with Gasteiger partial charge in [-0.2, -0.15) is 18.3 Å². The summed E-state index contributed by atoms with van der Waals surface area (Å²) in [6, 6.07) is 7.23. The fourth-order valence-corrected chi connectivity index (χ4v) is 6.29. The van der Waals surface area contributed by atoms with Crippen molar-refractivity contribution < 1.29 is 32.2 Å². The second-order valence-electron chi connectivity index (χ2n) is 12.9. The third kappa shape index (κ3) is 7.13. The van der Waals surface area contributed by atoms with Crippen molar-refractivity contribution in [3.63, 3.8) is 0 Å². The summed E-state index contributed by atoms with van der Waals surface area (Å²) in [5.41, 5.74) is 1.50. The number of benzene rings is 1. The smallest absolute Gasteiger partial charge is 0.435 e. The van der Waals surface area contributed by atoms with E-state index in [1.165, 1.54) is 13.2 Å². The number of rotatable bonds is 10. The van der Waals surface area contributed by atoms with Crippen molar-refractivity contribution in [2.24, 2.45) is 13.0 Å². The van der Waals surface area contributed by atoms with Crippen molar-refractivity contribution in [2.45, 2.75) is 58.8 Å². The first-order chi connectivity index (χ1) is 23.3. The Hall–Kier alpha value is -4.88. The number of ether oxygens (including phenoxy) is 2. The highest BCUT2D eigenvalue weighted by molar-refractivity contribution is 6.04. The number of hydrogen-bond acceptors (Lipinski definition) is 8. The maximum atomic E-state index is 14.1. The third-order valence-electron chi connectivity index (χ3n) is 9.09. The van der Waals surface area contributed by atoms with Crippen LogP contribution in [0.2, 0.25) is 0 Å². The van der Waals surface area contributed by atoms with Crippen LogP contribution in [0.15, 0.2) is 42.9 Å². The predicted molar refractivity (Wildman–Crippen MR) is 176 cm³/mol. The zero-order chi connectivity index (χ0) is 35.0. The van der Waals surface area contributed by atoms with E-state index in [0.29, 0.717) is 37.5 Å². The Morgan fingerprint density at radius 1 is 1.12 bits per heavy atom. The minimum absolute atomic E-state index is 0.00288. The van der Waals surface area contributed by atoms with E-state index in [4.69, 9.17) is 14.5 Å². The van der Waals surface area contributed by atoms with E-state index < -0.39 is 17.8 Å². The second kappa shape index (κ2) is 13.6. The predicted octanol–water partition coefficient (Wildman–Crippen LogP) is 5.85. The number of imidazole rings is 1. The molecule has 14 heteroatoms. The number of unbranched alkanes of at least 4 members (excludes halogenated alkanes) is 1. The molecule has 2 aliphatic heterocycles. The highest BCUT2D eigenvalue weighted by Gasteiger charge is 2.40. The number of halogens is 3. The number of aryl methyl sites for hydroxylation is 3. The molecule has 0 spiro atoms. The van der Waals surface area contributed by atoms with Gasteiger partial charge in [0.25, 0.3) is 0 Å². The molecule has 0 aliphatic carbocycles. The highest BCUT2D eigenvalue weighted by Crippen LogP contribution is 2.44. The summed E-state index contributed by atoms with van der Waals surface area (Å²) < 4.78 is 56.8. The molecule has 1 unspecified atom stereocenters. The van der Waals surface area contributed by atoms with Gasteiger partial charge in [0.1, 0.15) is 17.4 Å². The zero-order valence-corrected chi connectivity index (χ0v) is 28.3. The van der Waals surface area contributed by atoms with E-state index in [1.54, 1.807) is 36.5 Å². The van der Waals surface area contributed by atoms with E-state index >= 15 is 0 Å². The fourth-order valence-electron chi connectivity index (χ4n) is 6.29. The lowest BCUT2D eigenvalue weighted by Gasteiger charge is -2.44. The number of anilines is 1. The lowest BCUT2D eigenvalue weighted by atomic mass is 9.87. The summed E-state index contributed by atoms with van der Waals surface area (Å²) in [7, 11) is 3.17. The molecule has 6 rings (SSSR count). The largest absolute Gasteiger partial charge is 0.491 e. The molecule has 3 aromatic heterocycles. The number of ketones is 1. The monoisotopic (exact) mass is 679 g/mol. The van der Waals surface area contributed by atoms with Gasteiger partial charge in [0.15, 0.2) is 11.5 Å². The van der Waals surface area contributed by atoms with Crippen LogP contribution in [0.25, 0.3) is 11.1 Å². The van der Waals surface area contributed by atoms with Gasteiger partial charge in [0.2, 0.25) is 0 Å². The maximum absolute atomic E-state index is 14.1. The van der Waals surface area contributed by atoms with Gasteiger partial charge in [0.05, 0.1) is 30.7 Å². The number of amides is 1. The number of aromatic nitrogens is 5. The summed E-state index contributed by atoms with van der Waals surface area (Å²) in [4.78, 5) is 39.3. The molecule has 11 nitrogen and oxygen atoms in total. The quantitative estimate of drug-likeness (QED) is 0.192. The number of carbonyl (C=O) groups is 2. The molecule has 2 aliphatic rings. The van der Waals surface area contributed by atoms with Crippen molar-refractivity contribution in [1.82, 2.24) is 29.2 Å². The van der Waals surface area contributed by atoms with Gasteiger partial charge < -0.3 is 23.8 Å². The molecule has 5 heterocycles. The molecular formula is C35H40F3N7O4. The van der Waals surface area contributed by atoms with Crippen LogP contribution >= 0.6 is 0 Å². The second-order valence-corrected chi connectivity index (χ2v) is 12.9. The number of Topliss-reactive ketones (excluding diaryl/α,β-unsaturated/α-hetero) is 1. The molecule has 0 N–H and O–H groups in total. The van der Waals surface area contributed by atoms with Crippen molar-refractivity contribution in [2.75, 3.05) is 38.3 Å². The minimum atomic E-state index is -4.71. The van der Waals surface area contributed by atoms with Gasteiger partial charge in [0, 0.05) is 75.6 Å². The standard InChI is InChI=1S/C35H40F3N7O4/c1-6-7-10-48-34(47)43(5)26-17-45(18-26)30-12-21(2)11-25(40-30)15-24-20-49-32-27(29-19-42(4)41-33(29)35(36,37)38)13-23(14-28(32)31(24)46)16-44-9-8-39-22(44)3/h8-9,11-14,19,24,26H,6-7,10,15-18,20H2,1-5H3. The van der Waals surface area contributed by atoms with Gasteiger partial charge in [-0.1, -0.05) is 13.3 Å². The fraction of sp³-hybridized carbons (Fsp3) is 0.457. The lowest BCUT2D eigenvalue weighted by molar-refractivity contribution is -0.141. The molecule has 260 valence electrons. The van der Waals surface area contributed by atoms with Crippen molar-refractivity contribution in [1.29, 1.82) is 0 Å². The summed E-state index contributed by atoms with van der Waals surface area (Å²) >= 11 is 0. The Morgan fingerprint density at radius 3 is 2.57 bits per heavy atom. The summed E-state index contributed by atoms with van der Waals surface area (Å²) in [6.45, 7) is 7.72. The van der Waals surface area contributed by atoms with Crippen molar-refractivity contribution in [3.8, 4) is 16.9 Å². The first kappa shape index (κ1) is 34.0. The number of fused-ring (bicyclic) bond motifs is 1. The first-order valence-electron chi connectivity index (χ1n) is 16.4. The number of hydrogen-bond donors (Lipinski definition) is 0. The topological polar surface area (TPSA) is 108 Å². The molecule has 4 aromatic rings. The third-order valence-corrected chi connectivity index (χ3v) is 9.09. The Kier molecular flexibility index (Phi) is 9.41. The average Bonchev–Trinajstić information content (AvgIpc) is 3.62. The highest BCUT2D eigenvalue weighted by atomic mass is 19.4. The molecule has 1 atom stereocenters. The maximum Gasteiger partial charge on any atom is 0.435 e. The molecule has 0 radical (unpaired) electrons. The molecule has 1 amide bonds. The van der Waals surface area contributed by atoms with Gasteiger partial charge in [-0.25, -0.2) is 14.8 Å². The van der Waals surface area contributed by atoms with E-state index in [1.807, 2.05) is 37.5 Å².